The molecule has 0 fully saturated rings. The predicted octanol–water partition coefficient (Wildman–Crippen LogP) is 2.41. The summed E-state index contributed by atoms with van der Waals surface area (Å²) in [4.78, 5) is 14.1. The van der Waals surface area contributed by atoms with Crippen LogP contribution in [0.25, 0.3) is 0 Å². The smallest absolute Gasteiger partial charge is 0.240 e. The van der Waals surface area contributed by atoms with E-state index in [1.54, 1.807) is 0 Å². The van der Waals surface area contributed by atoms with Gasteiger partial charge in [0, 0.05) is 36.0 Å². The van der Waals surface area contributed by atoms with E-state index in [2.05, 4.69) is 38.5 Å². The van der Waals surface area contributed by atoms with Crippen molar-refractivity contribution < 1.29 is 4.79 Å². The highest BCUT2D eigenvalue weighted by Gasteiger charge is 2.21. The Bertz CT molecular complexity index is 339. The van der Waals surface area contributed by atoms with Gasteiger partial charge in [-0.3, -0.25) is 4.79 Å². The maximum Gasteiger partial charge on any atom is 0.240 e. The first-order chi connectivity index (χ1) is 8.22. The molecule has 17 heavy (non-hydrogen) atoms. The van der Waals surface area contributed by atoms with Gasteiger partial charge in [-0.1, -0.05) is 30.3 Å². The fourth-order valence-electron chi connectivity index (χ4n) is 1.78. The van der Waals surface area contributed by atoms with E-state index in [4.69, 9.17) is 0 Å². The number of halogens is 1. The standard InChI is InChI=1S/C13H19IN2O/c1-3-16(4-2)13(17)12(15-14)10-11-8-6-5-7-9-11/h5-9,12,15H,3-4,10H2,1-2H3. The van der Waals surface area contributed by atoms with Gasteiger partial charge in [-0.05, 0) is 25.8 Å². The van der Waals surface area contributed by atoms with Crippen LogP contribution in [0.3, 0.4) is 0 Å². The molecule has 1 N–H and O–H groups in total. The van der Waals surface area contributed by atoms with Crippen LogP contribution < -0.4 is 3.53 Å². The second-order valence-corrected chi connectivity index (χ2v) is 4.48. The predicted molar refractivity (Wildman–Crippen MR) is 79.0 cm³/mol. The van der Waals surface area contributed by atoms with Crippen molar-refractivity contribution in [2.24, 2.45) is 0 Å². The second-order valence-electron chi connectivity index (χ2n) is 3.86. The third-order valence-corrected chi connectivity index (χ3v) is 3.54. The minimum absolute atomic E-state index is 0.141. The normalized spacial score (nSPS) is 12.2. The molecule has 0 aliphatic heterocycles. The van der Waals surface area contributed by atoms with Crippen molar-refractivity contribution >= 4 is 28.8 Å². The van der Waals surface area contributed by atoms with Crippen LogP contribution in [0.15, 0.2) is 30.3 Å². The summed E-state index contributed by atoms with van der Waals surface area (Å²) in [6.45, 7) is 5.54. The van der Waals surface area contributed by atoms with E-state index in [0.29, 0.717) is 0 Å². The third kappa shape index (κ3) is 4.27. The van der Waals surface area contributed by atoms with Crippen molar-refractivity contribution in [3.8, 4) is 0 Å². The summed E-state index contributed by atoms with van der Waals surface area (Å²) in [7, 11) is 0. The van der Waals surface area contributed by atoms with Crippen LogP contribution in [0.2, 0.25) is 0 Å². The quantitative estimate of drug-likeness (QED) is 0.634. The van der Waals surface area contributed by atoms with Gasteiger partial charge in [0.25, 0.3) is 0 Å². The molecule has 0 spiro atoms. The zero-order valence-electron chi connectivity index (χ0n) is 10.3. The number of nitrogens with zero attached hydrogens (tertiary/aromatic N) is 1. The molecule has 0 radical (unpaired) electrons. The Morgan fingerprint density at radius 1 is 1.29 bits per heavy atom. The molecule has 0 bridgehead atoms. The molecule has 1 amide bonds. The number of rotatable bonds is 6. The highest BCUT2D eigenvalue weighted by molar-refractivity contribution is 14.1. The van der Waals surface area contributed by atoms with E-state index in [0.717, 1.165) is 19.5 Å². The summed E-state index contributed by atoms with van der Waals surface area (Å²) in [5.74, 6) is 0.174. The number of hydrogen-bond donors (Lipinski definition) is 1. The zero-order valence-corrected chi connectivity index (χ0v) is 12.5. The lowest BCUT2D eigenvalue weighted by Crippen LogP contribution is -2.44. The Morgan fingerprint density at radius 3 is 2.35 bits per heavy atom. The molecule has 1 atom stereocenters. The zero-order chi connectivity index (χ0) is 12.7. The molecular weight excluding hydrogens is 327 g/mol. The molecule has 1 aromatic carbocycles. The molecule has 0 aliphatic carbocycles. The van der Waals surface area contributed by atoms with Crippen LogP contribution >= 0.6 is 22.9 Å². The first-order valence-corrected chi connectivity index (χ1v) is 6.99. The SMILES string of the molecule is CCN(CC)C(=O)C(Cc1ccccc1)NI. The van der Waals surface area contributed by atoms with E-state index >= 15 is 0 Å². The molecule has 4 heteroatoms. The lowest BCUT2D eigenvalue weighted by atomic mass is 10.1. The fraction of sp³-hybridized carbons (Fsp3) is 0.462. The lowest BCUT2D eigenvalue weighted by molar-refractivity contribution is -0.132. The van der Waals surface area contributed by atoms with Gasteiger partial charge in [0.1, 0.15) is 0 Å². The van der Waals surface area contributed by atoms with E-state index < -0.39 is 0 Å². The summed E-state index contributed by atoms with van der Waals surface area (Å²) in [6, 6.07) is 9.95. The van der Waals surface area contributed by atoms with Gasteiger partial charge in [0.2, 0.25) is 5.91 Å². The average molecular weight is 346 g/mol. The summed E-state index contributed by atoms with van der Waals surface area (Å²) in [6.07, 6.45) is 0.735. The van der Waals surface area contributed by atoms with Crippen LogP contribution in [0.1, 0.15) is 19.4 Å². The Balaban J connectivity index is 2.68. The van der Waals surface area contributed by atoms with Crippen molar-refractivity contribution in [1.82, 2.24) is 8.43 Å². The lowest BCUT2D eigenvalue weighted by Gasteiger charge is -2.24. The monoisotopic (exact) mass is 346 g/mol. The van der Waals surface area contributed by atoms with Crippen LogP contribution in [-0.4, -0.2) is 29.9 Å². The van der Waals surface area contributed by atoms with Crippen LogP contribution in [0.4, 0.5) is 0 Å². The van der Waals surface area contributed by atoms with Crippen LogP contribution in [-0.2, 0) is 11.2 Å². The average Bonchev–Trinajstić information content (AvgIpc) is 2.38. The number of carbonyl (C=O) groups is 1. The van der Waals surface area contributed by atoms with Crippen molar-refractivity contribution in [3.63, 3.8) is 0 Å². The number of carbonyl (C=O) groups excluding carboxylic acids is 1. The van der Waals surface area contributed by atoms with E-state index in [-0.39, 0.29) is 11.9 Å². The number of benzene rings is 1. The van der Waals surface area contributed by atoms with Crippen molar-refractivity contribution in [1.29, 1.82) is 0 Å². The Labute approximate surface area is 117 Å². The molecule has 94 valence electrons. The molecule has 0 saturated heterocycles. The molecule has 0 heterocycles. The summed E-state index contributed by atoms with van der Waals surface area (Å²) >= 11 is 2.06. The molecule has 1 rings (SSSR count). The van der Waals surface area contributed by atoms with Crippen LogP contribution in [0.5, 0.6) is 0 Å². The molecule has 0 saturated carbocycles. The maximum atomic E-state index is 12.2. The Kier molecular flexibility index (Phi) is 6.50. The Morgan fingerprint density at radius 2 is 1.88 bits per heavy atom. The summed E-state index contributed by atoms with van der Waals surface area (Å²) in [5, 5.41) is 0. The summed E-state index contributed by atoms with van der Waals surface area (Å²) in [5.41, 5.74) is 1.18. The summed E-state index contributed by atoms with van der Waals surface area (Å²) < 4.78 is 3.08. The molecule has 1 unspecified atom stereocenters. The third-order valence-electron chi connectivity index (χ3n) is 2.79. The maximum absolute atomic E-state index is 12.2. The Hall–Kier alpha value is -0.620. The first kappa shape index (κ1) is 14.4. The van der Waals surface area contributed by atoms with Crippen molar-refractivity contribution in [2.75, 3.05) is 13.1 Å². The molecule has 3 nitrogen and oxygen atoms in total. The van der Waals surface area contributed by atoms with E-state index in [1.807, 2.05) is 36.9 Å². The number of likely N-dealkylation sites (N-methyl/N-ethyl adjacent to an activating group) is 1. The van der Waals surface area contributed by atoms with E-state index in [9.17, 15) is 4.79 Å². The highest BCUT2D eigenvalue weighted by Crippen LogP contribution is 2.07. The number of hydrogen-bond acceptors (Lipinski definition) is 2. The topological polar surface area (TPSA) is 32.3 Å². The van der Waals surface area contributed by atoms with Crippen LogP contribution in [0, 0.1) is 0 Å². The number of nitrogens with one attached hydrogen (secondary N) is 1. The van der Waals surface area contributed by atoms with Crippen molar-refractivity contribution in [2.45, 2.75) is 26.3 Å². The minimum atomic E-state index is -0.141. The van der Waals surface area contributed by atoms with Gasteiger partial charge in [-0.2, -0.15) is 0 Å². The molecule has 0 aromatic heterocycles. The van der Waals surface area contributed by atoms with Gasteiger partial charge in [-0.25, -0.2) is 3.53 Å². The van der Waals surface area contributed by atoms with Crippen molar-refractivity contribution in [3.05, 3.63) is 35.9 Å². The van der Waals surface area contributed by atoms with Gasteiger partial charge in [-0.15, -0.1) is 0 Å². The largest absolute Gasteiger partial charge is 0.342 e. The molecular formula is C13H19IN2O. The minimum Gasteiger partial charge on any atom is -0.342 e. The van der Waals surface area contributed by atoms with Gasteiger partial charge < -0.3 is 4.90 Å². The van der Waals surface area contributed by atoms with E-state index in [1.165, 1.54) is 5.56 Å². The second kappa shape index (κ2) is 7.66. The van der Waals surface area contributed by atoms with Gasteiger partial charge in [0.15, 0.2) is 0 Å². The van der Waals surface area contributed by atoms with Gasteiger partial charge in [0.05, 0.1) is 6.04 Å². The number of amides is 1. The fourth-order valence-corrected chi connectivity index (χ4v) is 2.26. The van der Waals surface area contributed by atoms with Gasteiger partial charge >= 0.3 is 0 Å². The first-order valence-electron chi connectivity index (χ1n) is 5.91. The molecule has 0 aliphatic rings. The highest BCUT2D eigenvalue weighted by atomic mass is 127. The molecule has 1 aromatic rings.